The third kappa shape index (κ3) is 9.18. The topological polar surface area (TPSA) is 96.0 Å². The molecule has 1 unspecified atom stereocenters. The predicted octanol–water partition coefficient (Wildman–Crippen LogP) is 6.21. The molecule has 2 amide bonds. The second-order valence-electron chi connectivity index (χ2n) is 10.8. The summed E-state index contributed by atoms with van der Waals surface area (Å²) in [5, 5.41) is 2.97. The Morgan fingerprint density at radius 1 is 0.822 bits per heavy atom. The minimum atomic E-state index is -4.17. The van der Waals surface area contributed by atoms with Crippen LogP contribution in [0.2, 0.25) is 0 Å². The summed E-state index contributed by atoms with van der Waals surface area (Å²) >= 11 is 3.45. The van der Waals surface area contributed by atoms with E-state index < -0.39 is 28.5 Å². The van der Waals surface area contributed by atoms with E-state index in [0.29, 0.717) is 18.0 Å². The number of nitrogens with one attached hydrogen (secondary N) is 1. The van der Waals surface area contributed by atoms with E-state index in [1.54, 1.807) is 42.5 Å². The number of nitrogens with zero attached hydrogens (tertiary/aromatic N) is 2. The Kier molecular flexibility index (Phi) is 11.8. The van der Waals surface area contributed by atoms with Gasteiger partial charge in [-0.25, -0.2) is 8.42 Å². The lowest BCUT2D eigenvalue weighted by Gasteiger charge is -2.34. The molecule has 1 atom stereocenters. The zero-order valence-corrected chi connectivity index (χ0v) is 28.0. The molecular weight excluding hydrogens is 654 g/mol. The summed E-state index contributed by atoms with van der Waals surface area (Å²) in [7, 11) is -4.17. The normalized spacial score (nSPS) is 11.9. The maximum absolute atomic E-state index is 14.5. The van der Waals surface area contributed by atoms with Crippen LogP contribution in [0.15, 0.2) is 119 Å². The summed E-state index contributed by atoms with van der Waals surface area (Å²) in [6.45, 7) is 5.60. The molecule has 0 spiro atoms. The van der Waals surface area contributed by atoms with Gasteiger partial charge in [0.15, 0.2) is 0 Å². The largest absolute Gasteiger partial charge is 0.494 e. The fourth-order valence-corrected chi connectivity index (χ4v) is 6.54. The molecular formula is C35H38BrN3O5S. The Labute approximate surface area is 274 Å². The lowest BCUT2D eigenvalue weighted by molar-refractivity contribution is -0.140. The first-order chi connectivity index (χ1) is 21.6. The molecule has 1 N–H and O–H groups in total. The lowest BCUT2D eigenvalue weighted by atomic mass is 10.0. The smallest absolute Gasteiger partial charge is 0.264 e. The molecule has 0 aliphatic carbocycles. The summed E-state index contributed by atoms with van der Waals surface area (Å²) in [5.74, 6) is -0.265. The van der Waals surface area contributed by atoms with Crippen molar-refractivity contribution in [1.82, 2.24) is 10.2 Å². The third-order valence-electron chi connectivity index (χ3n) is 7.01. The van der Waals surface area contributed by atoms with Crippen molar-refractivity contribution in [3.63, 3.8) is 0 Å². The quantitative estimate of drug-likeness (QED) is 0.170. The highest BCUT2D eigenvalue weighted by Crippen LogP contribution is 2.27. The first kappa shape index (κ1) is 33.7. The van der Waals surface area contributed by atoms with Crippen molar-refractivity contribution in [2.45, 2.75) is 50.7 Å². The number of benzene rings is 4. The molecule has 0 heterocycles. The Balaban J connectivity index is 1.79. The second kappa shape index (κ2) is 15.7. The Bertz CT molecular complexity index is 1650. The number of hydrogen-bond donors (Lipinski definition) is 1. The highest BCUT2D eigenvalue weighted by molar-refractivity contribution is 9.10. The van der Waals surface area contributed by atoms with Gasteiger partial charge in [0.25, 0.3) is 10.0 Å². The van der Waals surface area contributed by atoms with E-state index in [9.17, 15) is 18.0 Å². The van der Waals surface area contributed by atoms with Crippen LogP contribution in [0.4, 0.5) is 5.69 Å². The molecule has 45 heavy (non-hydrogen) atoms. The molecule has 0 radical (unpaired) electrons. The first-order valence-electron chi connectivity index (χ1n) is 14.8. The number of rotatable bonds is 14. The zero-order chi connectivity index (χ0) is 32.4. The van der Waals surface area contributed by atoms with Crippen LogP contribution in [-0.2, 0) is 32.6 Å². The van der Waals surface area contributed by atoms with E-state index in [4.69, 9.17) is 4.74 Å². The second-order valence-corrected chi connectivity index (χ2v) is 13.5. The van der Waals surface area contributed by atoms with Gasteiger partial charge in [-0.15, -0.1) is 0 Å². The highest BCUT2D eigenvalue weighted by atomic mass is 79.9. The summed E-state index contributed by atoms with van der Waals surface area (Å²) in [6.07, 6.45) is 0.246. The van der Waals surface area contributed by atoms with Crippen LogP contribution >= 0.6 is 15.9 Å². The van der Waals surface area contributed by atoms with Crippen molar-refractivity contribution in [3.05, 3.63) is 125 Å². The summed E-state index contributed by atoms with van der Waals surface area (Å²) in [5.41, 5.74) is 1.96. The van der Waals surface area contributed by atoms with E-state index in [0.717, 1.165) is 19.9 Å². The highest BCUT2D eigenvalue weighted by Gasteiger charge is 2.34. The molecule has 0 saturated heterocycles. The molecule has 4 aromatic carbocycles. The van der Waals surface area contributed by atoms with Crippen molar-refractivity contribution < 1.29 is 22.7 Å². The van der Waals surface area contributed by atoms with Crippen molar-refractivity contribution in [3.8, 4) is 5.75 Å². The van der Waals surface area contributed by atoms with Gasteiger partial charge in [0.05, 0.1) is 17.2 Å². The molecule has 8 nitrogen and oxygen atoms in total. The van der Waals surface area contributed by atoms with E-state index in [1.807, 2.05) is 75.4 Å². The van der Waals surface area contributed by atoms with Crippen LogP contribution in [-0.4, -0.2) is 50.4 Å². The molecule has 0 bridgehead atoms. The monoisotopic (exact) mass is 691 g/mol. The number of sulfonamides is 1. The van der Waals surface area contributed by atoms with Crippen LogP contribution in [0.3, 0.4) is 0 Å². The van der Waals surface area contributed by atoms with Crippen LogP contribution in [0, 0.1) is 0 Å². The SMILES string of the molecule is CCOc1ccc(N(CC(=O)N(Cc2ccc(Br)cc2)C(Cc2ccccc2)C(=O)NC(C)C)S(=O)(=O)c2ccccc2)cc1. The van der Waals surface area contributed by atoms with Crippen molar-refractivity contribution in [1.29, 1.82) is 0 Å². The fraction of sp³-hybridized carbons (Fsp3) is 0.257. The average Bonchev–Trinajstić information content (AvgIpc) is 3.03. The van der Waals surface area contributed by atoms with E-state index >= 15 is 0 Å². The number of carbonyl (C=O) groups is 2. The number of anilines is 1. The molecule has 4 rings (SSSR count). The van der Waals surface area contributed by atoms with E-state index in [-0.39, 0.29) is 29.8 Å². The van der Waals surface area contributed by atoms with Crippen molar-refractivity contribution in [2.24, 2.45) is 0 Å². The summed E-state index contributed by atoms with van der Waals surface area (Å²) < 4.78 is 35.7. The standard InChI is InChI=1S/C35H38BrN3O5S/c1-4-44-31-21-19-30(20-22-31)39(45(42,43)32-13-9-6-10-14-32)25-34(40)38(24-28-15-17-29(36)18-16-28)33(35(41)37-26(2)3)23-27-11-7-5-8-12-27/h5-22,26,33H,4,23-25H2,1-3H3,(H,37,41). The van der Waals surface area contributed by atoms with E-state index in [2.05, 4.69) is 21.2 Å². The van der Waals surface area contributed by atoms with Gasteiger partial charge in [-0.05, 0) is 80.4 Å². The van der Waals surface area contributed by atoms with Gasteiger partial charge in [-0.3, -0.25) is 13.9 Å². The minimum Gasteiger partial charge on any atom is -0.494 e. The van der Waals surface area contributed by atoms with Crippen LogP contribution in [0.25, 0.3) is 0 Å². The fourth-order valence-electron chi connectivity index (χ4n) is 4.84. The maximum Gasteiger partial charge on any atom is 0.264 e. The number of amides is 2. The van der Waals surface area contributed by atoms with Crippen LogP contribution in [0.1, 0.15) is 31.9 Å². The summed E-state index contributed by atoms with van der Waals surface area (Å²) in [6, 6.07) is 30.4. The predicted molar refractivity (Wildman–Crippen MR) is 180 cm³/mol. The maximum atomic E-state index is 14.5. The first-order valence-corrected chi connectivity index (χ1v) is 17.0. The molecule has 0 aliphatic rings. The van der Waals surface area contributed by atoms with Gasteiger partial charge < -0.3 is 15.0 Å². The zero-order valence-electron chi connectivity index (χ0n) is 25.6. The lowest BCUT2D eigenvalue weighted by Crippen LogP contribution is -2.54. The van der Waals surface area contributed by atoms with Crippen LogP contribution in [0.5, 0.6) is 5.75 Å². The van der Waals surface area contributed by atoms with Crippen molar-refractivity contribution in [2.75, 3.05) is 17.5 Å². The Morgan fingerprint density at radius 3 is 2.00 bits per heavy atom. The van der Waals surface area contributed by atoms with Gasteiger partial charge in [0.1, 0.15) is 18.3 Å². The number of halogens is 1. The van der Waals surface area contributed by atoms with E-state index in [1.165, 1.54) is 17.0 Å². The van der Waals surface area contributed by atoms with Gasteiger partial charge in [0.2, 0.25) is 11.8 Å². The molecule has 0 aromatic heterocycles. The number of hydrogen-bond acceptors (Lipinski definition) is 5. The summed E-state index contributed by atoms with van der Waals surface area (Å²) in [4.78, 5) is 29.8. The van der Waals surface area contributed by atoms with Crippen LogP contribution < -0.4 is 14.4 Å². The third-order valence-corrected chi connectivity index (χ3v) is 9.33. The molecule has 0 fully saturated rings. The molecule has 4 aromatic rings. The molecule has 10 heteroatoms. The average molecular weight is 693 g/mol. The number of ether oxygens (including phenoxy) is 1. The van der Waals surface area contributed by atoms with Gasteiger partial charge in [-0.1, -0.05) is 76.6 Å². The molecule has 0 saturated carbocycles. The minimum absolute atomic E-state index is 0.0459. The van der Waals surface area contributed by atoms with Gasteiger partial charge in [-0.2, -0.15) is 0 Å². The Morgan fingerprint density at radius 2 is 1.42 bits per heavy atom. The number of carbonyl (C=O) groups excluding carboxylic acids is 2. The Hall–Kier alpha value is -4.15. The molecule has 236 valence electrons. The van der Waals surface area contributed by atoms with Gasteiger partial charge >= 0.3 is 0 Å². The molecule has 0 aliphatic heterocycles. The van der Waals surface area contributed by atoms with Crippen molar-refractivity contribution >= 4 is 43.5 Å². The van der Waals surface area contributed by atoms with Gasteiger partial charge in [0, 0.05) is 23.5 Å².